The van der Waals surface area contributed by atoms with E-state index in [1.165, 1.54) is 12.1 Å². The first-order valence-electron chi connectivity index (χ1n) is 7.71. The van der Waals surface area contributed by atoms with Crippen molar-refractivity contribution in [2.75, 3.05) is 13.2 Å². The molecule has 2 aliphatic heterocycles. The van der Waals surface area contributed by atoms with Crippen LogP contribution in [0.2, 0.25) is 0 Å². The van der Waals surface area contributed by atoms with Crippen LogP contribution < -0.4 is 9.47 Å². The van der Waals surface area contributed by atoms with Crippen molar-refractivity contribution in [1.29, 1.82) is 0 Å². The molecule has 0 aliphatic carbocycles. The highest BCUT2D eigenvalue weighted by Crippen LogP contribution is 2.34. The summed E-state index contributed by atoms with van der Waals surface area (Å²) in [6.45, 7) is 0.827. The smallest absolute Gasteiger partial charge is 0.337 e. The van der Waals surface area contributed by atoms with Gasteiger partial charge in [-0.3, -0.25) is 9.59 Å². The van der Waals surface area contributed by atoms with E-state index in [4.69, 9.17) is 14.3 Å². The van der Waals surface area contributed by atoms with Crippen molar-refractivity contribution >= 4 is 17.8 Å². The molecule has 2 aromatic rings. The van der Waals surface area contributed by atoms with Crippen LogP contribution in [0.15, 0.2) is 42.5 Å². The maximum absolute atomic E-state index is 12.2. The maximum Gasteiger partial charge on any atom is 0.337 e. The number of ether oxygens (including phenoxy) is 2. The third kappa shape index (κ3) is 2.59. The molecule has 0 aromatic heterocycles. The van der Waals surface area contributed by atoms with Crippen molar-refractivity contribution in [3.63, 3.8) is 0 Å². The Hall–Kier alpha value is -3.35. The molecule has 0 radical (unpaired) electrons. The summed E-state index contributed by atoms with van der Waals surface area (Å²) in [5.41, 5.74) is 1.00. The fraction of sp³-hybridized carbons (Fsp3) is 0.167. The lowest BCUT2D eigenvalue weighted by atomic mass is 10.1. The average molecular weight is 339 g/mol. The first-order valence-corrected chi connectivity index (χ1v) is 7.71. The molecule has 0 atom stereocenters. The van der Waals surface area contributed by atoms with Gasteiger partial charge in [-0.1, -0.05) is 29.3 Å². The van der Waals surface area contributed by atoms with Gasteiger partial charge in [0, 0.05) is 5.56 Å². The predicted molar refractivity (Wildman–Crippen MR) is 84.2 cm³/mol. The van der Waals surface area contributed by atoms with Gasteiger partial charge in [-0.25, -0.2) is 4.79 Å². The fourth-order valence-electron chi connectivity index (χ4n) is 2.81. The van der Waals surface area contributed by atoms with E-state index in [2.05, 4.69) is 0 Å². The highest BCUT2D eigenvalue weighted by molar-refractivity contribution is 6.20. The first-order chi connectivity index (χ1) is 12.1. The molecule has 0 N–H and O–H groups in total. The number of carbonyl (C=O) groups excluding carboxylic acids is 3. The zero-order valence-corrected chi connectivity index (χ0v) is 13.1. The van der Waals surface area contributed by atoms with Crippen LogP contribution in [0.25, 0.3) is 0 Å². The molecule has 7 heteroatoms. The number of para-hydroxylation sites is 1. The van der Waals surface area contributed by atoms with Gasteiger partial charge in [0.1, 0.15) is 13.2 Å². The lowest BCUT2D eigenvalue weighted by Gasteiger charge is -2.21. The van der Waals surface area contributed by atoms with E-state index in [9.17, 15) is 14.4 Å². The van der Waals surface area contributed by atoms with Crippen molar-refractivity contribution in [1.82, 2.24) is 5.06 Å². The lowest BCUT2D eigenvalue weighted by molar-refractivity contribution is -0.167. The molecular formula is C18H13NO6. The van der Waals surface area contributed by atoms with Gasteiger partial charge in [-0.2, -0.15) is 0 Å². The Bertz CT molecular complexity index is 856. The Balaban J connectivity index is 1.51. The summed E-state index contributed by atoms with van der Waals surface area (Å²) in [7, 11) is 0. The second-order valence-corrected chi connectivity index (χ2v) is 5.53. The molecule has 4 rings (SSSR count). The molecule has 0 fully saturated rings. The Morgan fingerprint density at radius 2 is 1.64 bits per heavy atom. The van der Waals surface area contributed by atoms with Crippen molar-refractivity contribution in [3.05, 3.63) is 59.2 Å². The van der Waals surface area contributed by atoms with Crippen molar-refractivity contribution in [3.8, 4) is 11.5 Å². The second kappa shape index (κ2) is 5.94. The van der Waals surface area contributed by atoms with Gasteiger partial charge in [0.15, 0.2) is 11.5 Å². The summed E-state index contributed by atoms with van der Waals surface area (Å²) in [5.74, 6) is -1.00. The number of hydroxylamine groups is 2. The van der Waals surface area contributed by atoms with Gasteiger partial charge in [0.25, 0.3) is 11.8 Å². The average Bonchev–Trinajstić information content (AvgIpc) is 2.87. The van der Waals surface area contributed by atoms with Crippen LogP contribution in [0, 0.1) is 0 Å². The summed E-state index contributed by atoms with van der Waals surface area (Å²) in [6, 6.07) is 11.5. The van der Waals surface area contributed by atoms with Crippen molar-refractivity contribution < 1.29 is 28.7 Å². The number of fused-ring (bicyclic) bond motifs is 2. The van der Waals surface area contributed by atoms with Gasteiger partial charge in [0.05, 0.1) is 17.5 Å². The Kier molecular flexibility index (Phi) is 3.61. The molecule has 0 saturated heterocycles. The molecule has 2 aliphatic rings. The fourth-order valence-corrected chi connectivity index (χ4v) is 2.81. The van der Waals surface area contributed by atoms with Crippen LogP contribution >= 0.6 is 0 Å². The molecule has 2 amide bonds. The highest BCUT2D eigenvalue weighted by atomic mass is 16.7. The standard InChI is InChI=1S/C18H13NO6/c20-15(10-11-4-3-7-14-16(11)24-9-8-23-14)25-19-17(21)12-5-1-2-6-13(12)18(19)22/h1-7H,8-10H2. The van der Waals surface area contributed by atoms with E-state index in [1.54, 1.807) is 30.3 Å². The minimum Gasteiger partial charge on any atom is -0.486 e. The van der Waals surface area contributed by atoms with Gasteiger partial charge >= 0.3 is 5.97 Å². The normalized spacial score (nSPS) is 15.1. The first kappa shape index (κ1) is 15.2. The Morgan fingerprint density at radius 1 is 0.960 bits per heavy atom. The topological polar surface area (TPSA) is 82.1 Å². The van der Waals surface area contributed by atoms with Gasteiger partial charge in [-0.05, 0) is 18.2 Å². The van der Waals surface area contributed by atoms with Gasteiger partial charge in [0.2, 0.25) is 0 Å². The number of imide groups is 1. The number of hydrogen-bond donors (Lipinski definition) is 0. The minimum absolute atomic E-state index is 0.153. The van der Waals surface area contributed by atoms with E-state index in [0.717, 1.165) is 0 Å². The summed E-state index contributed by atoms with van der Waals surface area (Å²) in [4.78, 5) is 41.7. The second-order valence-electron chi connectivity index (χ2n) is 5.53. The molecule has 126 valence electrons. The highest BCUT2D eigenvalue weighted by Gasteiger charge is 2.38. The maximum atomic E-state index is 12.2. The molecule has 0 bridgehead atoms. The number of hydrogen-bond acceptors (Lipinski definition) is 6. The van der Waals surface area contributed by atoms with Crippen molar-refractivity contribution in [2.45, 2.75) is 6.42 Å². The quantitative estimate of drug-likeness (QED) is 0.793. The lowest BCUT2D eigenvalue weighted by Crippen LogP contribution is -2.33. The molecule has 2 aromatic carbocycles. The molecular weight excluding hydrogens is 326 g/mol. The van der Waals surface area contributed by atoms with Crippen LogP contribution in [-0.2, 0) is 16.1 Å². The van der Waals surface area contributed by atoms with Crippen LogP contribution in [0.3, 0.4) is 0 Å². The number of amides is 2. The van der Waals surface area contributed by atoms with E-state index in [1.807, 2.05) is 0 Å². The summed E-state index contributed by atoms with van der Waals surface area (Å²) < 4.78 is 11.0. The monoisotopic (exact) mass is 339 g/mol. The van der Waals surface area contributed by atoms with Crippen LogP contribution in [-0.4, -0.2) is 36.1 Å². The summed E-state index contributed by atoms with van der Waals surface area (Å²) >= 11 is 0. The van der Waals surface area contributed by atoms with E-state index in [0.29, 0.717) is 35.3 Å². The van der Waals surface area contributed by atoms with Gasteiger partial charge < -0.3 is 14.3 Å². The molecule has 0 saturated carbocycles. The molecule has 7 nitrogen and oxygen atoms in total. The number of carbonyl (C=O) groups is 3. The SMILES string of the molecule is O=C(Cc1cccc2c1OCCO2)ON1C(=O)c2ccccc2C1=O. The summed E-state index contributed by atoms with van der Waals surface area (Å²) in [6.07, 6.45) is -0.153. The Labute approximate surface area is 142 Å². The van der Waals surface area contributed by atoms with E-state index in [-0.39, 0.29) is 17.5 Å². The molecule has 0 spiro atoms. The zero-order valence-electron chi connectivity index (χ0n) is 13.1. The van der Waals surface area contributed by atoms with E-state index >= 15 is 0 Å². The number of rotatable bonds is 3. The van der Waals surface area contributed by atoms with Crippen molar-refractivity contribution in [2.24, 2.45) is 0 Å². The van der Waals surface area contributed by atoms with Crippen LogP contribution in [0.5, 0.6) is 11.5 Å². The molecule has 2 heterocycles. The third-order valence-corrected chi connectivity index (χ3v) is 3.93. The van der Waals surface area contributed by atoms with Crippen LogP contribution in [0.1, 0.15) is 26.3 Å². The van der Waals surface area contributed by atoms with Gasteiger partial charge in [-0.15, -0.1) is 0 Å². The molecule has 25 heavy (non-hydrogen) atoms. The third-order valence-electron chi connectivity index (χ3n) is 3.93. The predicted octanol–water partition coefficient (Wildman–Crippen LogP) is 1.75. The van der Waals surface area contributed by atoms with E-state index < -0.39 is 17.8 Å². The Morgan fingerprint density at radius 3 is 2.36 bits per heavy atom. The largest absolute Gasteiger partial charge is 0.486 e. The molecule has 0 unspecified atom stereocenters. The minimum atomic E-state index is -0.739. The number of nitrogens with zero attached hydrogens (tertiary/aromatic N) is 1. The number of benzene rings is 2. The van der Waals surface area contributed by atoms with Crippen LogP contribution in [0.4, 0.5) is 0 Å². The summed E-state index contributed by atoms with van der Waals surface area (Å²) in [5, 5.41) is 0.500. The zero-order chi connectivity index (χ0) is 17.4.